The highest BCUT2D eigenvalue weighted by Crippen LogP contribution is 2.25. The van der Waals surface area contributed by atoms with Crippen LogP contribution in [0.25, 0.3) is 6.08 Å². The van der Waals surface area contributed by atoms with Crippen LogP contribution in [0.4, 0.5) is 18.9 Å². The minimum absolute atomic E-state index is 0.128. The van der Waals surface area contributed by atoms with Crippen LogP contribution in [0.5, 0.6) is 5.75 Å². The topological polar surface area (TPSA) is 67.4 Å². The number of amides is 2. The van der Waals surface area contributed by atoms with Crippen molar-refractivity contribution < 1.29 is 27.5 Å². The van der Waals surface area contributed by atoms with Crippen LogP contribution in [0, 0.1) is 0 Å². The predicted octanol–water partition coefficient (Wildman–Crippen LogP) is 4.13. The molecule has 0 aromatic heterocycles. The maximum absolute atomic E-state index is 12.2. The number of carbonyl (C=O) groups excluding carboxylic acids is 2. The second-order valence-corrected chi connectivity index (χ2v) is 6.27. The summed E-state index contributed by atoms with van der Waals surface area (Å²) in [5.41, 5.74) is 1.41. The average molecular weight is 390 g/mol. The third-order valence-corrected chi connectivity index (χ3v) is 3.85. The fourth-order valence-electron chi connectivity index (χ4n) is 2.37. The molecule has 0 heterocycles. The fraction of sp³-hybridized carbons (Fsp3) is 0.200. The van der Waals surface area contributed by atoms with Crippen LogP contribution >= 0.6 is 0 Å². The minimum atomic E-state index is -4.80. The SMILES string of the molecule is O=C(/C=C/c1ccc(C(=O)NC2CC2)cc1)Nc1cccc(OC(F)(F)F)c1. The molecule has 0 spiro atoms. The van der Waals surface area contributed by atoms with Crippen molar-refractivity contribution in [2.45, 2.75) is 25.2 Å². The van der Waals surface area contributed by atoms with Gasteiger partial charge in [-0.2, -0.15) is 0 Å². The molecule has 0 saturated heterocycles. The molecule has 1 fully saturated rings. The molecule has 1 aliphatic rings. The van der Waals surface area contributed by atoms with E-state index in [1.165, 1.54) is 24.3 Å². The summed E-state index contributed by atoms with van der Waals surface area (Å²) < 4.78 is 40.5. The first kappa shape index (κ1) is 19.5. The second kappa shape index (κ2) is 8.16. The molecule has 8 heteroatoms. The van der Waals surface area contributed by atoms with Crippen LogP contribution in [0.2, 0.25) is 0 Å². The Bertz CT molecular complexity index is 888. The third kappa shape index (κ3) is 6.15. The normalized spacial score (nSPS) is 14.0. The maximum atomic E-state index is 12.2. The van der Waals surface area contributed by atoms with Gasteiger partial charge >= 0.3 is 6.36 Å². The summed E-state index contributed by atoms with van der Waals surface area (Å²) in [5.74, 6) is -1.06. The van der Waals surface area contributed by atoms with E-state index in [0.29, 0.717) is 11.1 Å². The Morgan fingerprint density at radius 2 is 1.79 bits per heavy atom. The number of benzene rings is 2. The van der Waals surface area contributed by atoms with Gasteiger partial charge in [-0.15, -0.1) is 13.2 Å². The zero-order valence-electron chi connectivity index (χ0n) is 14.6. The van der Waals surface area contributed by atoms with Gasteiger partial charge < -0.3 is 15.4 Å². The van der Waals surface area contributed by atoms with E-state index in [9.17, 15) is 22.8 Å². The summed E-state index contributed by atoms with van der Waals surface area (Å²) in [5, 5.41) is 5.34. The highest BCUT2D eigenvalue weighted by Gasteiger charge is 2.31. The molecule has 2 N–H and O–H groups in total. The first-order valence-electron chi connectivity index (χ1n) is 8.54. The predicted molar refractivity (Wildman–Crippen MR) is 97.7 cm³/mol. The molecule has 28 heavy (non-hydrogen) atoms. The molecule has 2 amide bonds. The Morgan fingerprint density at radius 1 is 1.07 bits per heavy atom. The van der Waals surface area contributed by atoms with Crippen LogP contribution in [0.1, 0.15) is 28.8 Å². The highest BCUT2D eigenvalue weighted by molar-refractivity contribution is 6.02. The van der Waals surface area contributed by atoms with E-state index in [2.05, 4.69) is 15.4 Å². The zero-order valence-corrected chi connectivity index (χ0v) is 14.6. The third-order valence-electron chi connectivity index (χ3n) is 3.85. The quantitative estimate of drug-likeness (QED) is 0.729. The van der Waals surface area contributed by atoms with Crippen molar-refractivity contribution in [3.8, 4) is 5.75 Å². The summed E-state index contributed by atoms with van der Waals surface area (Å²) in [6, 6.07) is 12.0. The number of hydrogen-bond donors (Lipinski definition) is 2. The monoisotopic (exact) mass is 390 g/mol. The largest absolute Gasteiger partial charge is 0.573 e. The smallest absolute Gasteiger partial charge is 0.406 e. The number of ether oxygens (including phenoxy) is 1. The van der Waals surface area contributed by atoms with Crippen molar-refractivity contribution in [3.63, 3.8) is 0 Å². The first-order chi connectivity index (χ1) is 13.3. The van der Waals surface area contributed by atoms with E-state index in [0.717, 1.165) is 25.0 Å². The van der Waals surface area contributed by atoms with E-state index < -0.39 is 18.0 Å². The highest BCUT2D eigenvalue weighted by atomic mass is 19.4. The van der Waals surface area contributed by atoms with Crippen molar-refractivity contribution in [2.75, 3.05) is 5.32 Å². The molecule has 0 aliphatic heterocycles. The van der Waals surface area contributed by atoms with Crippen molar-refractivity contribution >= 4 is 23.6 Å². The zero-order chi connectivity index (χ0) is 20.1. The molecule has 2 aromatic rings. The lowest BCUT2D eigenvalue weighted by atomic mass is 10.1. The molecule has 5 nitrogen and oxygen atoms in total. The fourth-order valence-corrected chi connectivity index (χ4v) is 2.37. The summed E-state index contributed by atoms with van der Waals surface area (Å²) in [6.45, 7) is 0. The second-order valence-electron chi connectivity index (χ2n) is 6.27. The van der Waals surface area contributed by atoms with Gasteiger partial charge in [-0.3, -0.25) is 9.59 Å². The Balaban J connectivity index is 1.56. The lowest BCUT2D eigenvalue weighted by Crippen LogP contribution is -2.25. The van der Waals surface area contributed by atoms with E-state index in [1.54, 1.807) is 24.3 Å². The molecule has 0 unspecified atom stereocenters. The van der Waals surface area contributed by atoms with E-state index in [1.807, 2.05) is 0 Å². The molecule has 0 bridgehead atoms. The van der Waals surface area contributed by atoms with E-state index >= 15 is 0 Å². The average Bonchev–Trinajstić information content (AvgIpc) is 3.43. The molecular formula is C20H17F3N2O3. The van der Waals surface area contributed by atoms with Crippen LogP contribution < -0.4 is 15.4 Å². The van der Waals surface area contributed by atoms with Gasteiger partial charge in [0.15, 0.2) is 0 Å². The van der Waals surface area contributed by atoms with Crippen molar-refractivity contribution in [1.82, 2.24) is 5.32 Å². The first-order valence-corrected chi connectivity index (χ1v) is 8.54. The molecule has 3 rings (SSSR count). The van der Waals surface area contributed by atoms with Gasteiger partial charge in [-0.05, 0) is 48.7 Å². The number of carbonyl (C=O) groups is 2. The molecule has 2 aromatic carbocycles. The lowest BCUT2D eigenvalue weighted by Gasteiger charge is -2.10. The molecular weight excluding hydrogens is 373 g/mol. The van der Waals surface area contributed by atoms with Crippen molar-refractivity contribution in [1.29, 1.82) is 0 Å². The summed E-state index contributed by atoms with van der Waals surface area (Å²) in [4.78, 5) is 23.9. The van der Waals surface area contributed by atoms with Crippen LogP contribution in [-0.4, -0.2) is 24.2 Å². The molecule has 0 atom stereocenters. The minimum Gasteiger partial charge on any atom is -0.406 e. The number of anilines is 1. The number of nitrogens with one attached hydrogen (secondary N) is 2. The molecule has 0 radical (unpaired) electrons. The molecule has 146 valence electrons. The Kier molecular flexibility index (Phi) is 5.67. The van der Waals surface area contributed by atoms with Gasteiger partial charge in [-0.25, -0.2) is 0 Å². The summed E-state index contributed by atoms with van der Waals surface area (Å²) >= 11 is 0. The molecule has 1 aliphatic carbocycles. The van der Waals surface area contributed by atoms with Gasteiger partial charge in [0.05, 0.1) is 0 Å². The summed E-state index contributed by atoms with van der Waals surface area (Å²) in [7, 11) is 0. The summed E-state index contributed by atoms with van der Waals surface area (Å²) in [6.07, 6.45) is -0.00534. The van der Waals surface area contributed by atoms with Crippen LogP contribution in [0.15, 0.2) is 54.6 Å². The maximum Gasteiger partial charge on any atom is 0.573 e. The Morgan fingerprint density at radius 3 is 2.43 bits per heavy atom. The van der Waals surface area contributed by atoms with Gasteiger partial charge in [0.1, 0.15) is 5.75 Å². The van der Waals surface area contributed by atoms with Crippen LogP contribution in [0.3, 0.4) is 0 Å². The van der Waals surface area contributed by atoms with Crippen LogP contribution in [-0.2, 0) is 4.79 Å². The van der Waals surface area contributed by atoms with Crippen molar-refractivity contribution in [3.05, 3.63) is 65.7 Å². The standard InChI is InChI=1S/C20H17F3N2O3/c21-20(22,23)28-17-3-1-2-16(12-17)24-18(26)11-6-13-4-7-14(8-5-13)19(27)25-15-9-10-15/h1-8,11-12,15H,9-10H2,(H,24,26)(H,25,27)/b11-6+. The number of rotatable bonds is 6. The van der Waals surface area contributed by atoms with Gasteiger partial charge in [0, 0.05) is 29.4 Å². The van der Waals surface area contributed by atoms with E-state index in [-0.39, 0.29) is 17.6 Å². The van der Waals surface area contributed by atoms with E-state index in [4.69, 9.17) is 0 Å². The lowest BCUT2D eigenvalue weighted by molar-refractivity contribution is -0.274. The number of alkyl halides is 3. The Hall–Kier alpha value is -3.29. The number of halogens is 3. The van der Waals surface area contributed by atoms with Gasteiger partial charge in [0.25, 0.3) is 5.91 Å². The van der Waals surface area contributed by atoms with Gasteiger partial charge in [0.2, 0.25) is 5.91 Å². The van der Waals surface area contributed by atoms with Crippen molar-refractivity contribution in [2.24, 2.45) is 0 Å². The van der Waals surface area contributed by atoms with Gasteiger partial charge in [-0.1, -0.05) is 18.2 Å². The molecule has 1 saturated carbocycles. The Labute approximate surface area is 159 Å². The number of hydrogen-bond acceptors (Lipinski definition) is 3.